The van der Waals surface area contributed by atoms with Crippen LogP contribution < -0.4 is 15.4 Å². The van der Waals surface area contributed by atoms with Crippen LogP contribution in [0.4, 0.5) is 15.8 Å². The van der Waals surface area contributed by atoms with Crippen molar-refractivity contribution in [1.82, 2.24) is 0 Å². The first-order chi connectivity index (χ1) is 11.3. The van der Waals surface area contributed by atoms with Crippen LogP contribution in [0, 0.1) is 5.82 Å². The molecule has 0 saturated carbocycles. The molecule has 0 aromatic heterocycles. The number of carbonyl (C=O) groups is 2. The Morgan fingerprint density at radius 3 is 2.42 bits per heavy atom. The number of carbonyl (C=O) groups excluding carboxylic acids is 2. The molecular formula is C16H13Cl2FN2O3. The first-order valence-electron chi connectivity index (χ1n) is 6.73. The van der Waals surface area contributed by atoms with Gasteiger partial charge in [0.05, 0.1) is 28.4 Å². The largest absolute Gasteiger partial charge is 0.495 e. The van der Waals surface area contributed by atoms with Gasteiger partial charge in [-0.15, -0.1) is 0 Å². The Morgan fingerprint density at radius 2 is 1.79 bits per heavy atom. The summed E-state index contributed by atoms with van der Waals surface area (Å²) in [6, 6.07) is 6.77. The summed E-state index contributed by atoms with van der Waals surface area (Å²) in [6.45, 7) is 1.35. The van der Waals surface area contributed by atoms with E-state index in [1.54, 1.807) is 12.1 Å². The standard InChI is InChI=1S/C16H13Cl2FN2O3/c1-8(22)20-14-5-9(3-4-15(14)24-2)21-16(23)10-6-13(19)12(18)7-11(10)17/h3-7H,1-2H3,(H,20,22)(H,21,23). The average Bonchev–Trinajstić information content (AvgIpc) is 2.50. The number of ether oxygens (including phenoxy) is 1. The van der Waals surface area contributed by atoms with Gasteiger partial charge in [0, 0.05) is 12.6 Å². The minimum absolute atomic E-state index is 0.0227. The molecule has 0 spiro atoms. The molecule has 0 heterocycles. The van der Waals surface area contributed by atoms with Crippen molar-refractivity contribution in [1.29, 1.82) is 0 Å². The van der Waals surface area contributed by atoms with Gasteiger partial charge in [-0.1, -0.05) is 23.2 Å². The smallest absolute Gasteiger partial charge is 0.257 e. The molecule has 0 fully saturated rings. The van der Waals surface area contributed by atoms with Crippen LogP contribution in [0.15, 0.2) is 30.3 Å². The molecule has 2 aromatic rings. The van der Waals surface area contributed by atoms with Crippen molar-refractivity contribution in [3.8, 4) is 5.75 Å². The van der Waals surface area contributed by atoms with Crippen molar-refractivity contribution < 1.29 is 18.7 Å². The summed E-state index contributed by atoms with van der Waals surface area (Å²) in [6.07, 6.45) is 0. The van der Waals surface area contributed by atoms with Gasteiger partial charge in [-0.3, -0.25) is 9.59 Å². The second kappa shape index (κ2) is 7.51. The van der Waals surface area contributed by atoms with Crippen molar-refractivity contribution in [3.05, 3.63) is 51.8 Å². The molecule has 0 radical (unpaired) electrons. The van der Waals surface area contributed by atoms with E-state index in [4.69, 9.17) is 27.9 Å². The first-order valence-corrected chi connectivity index (χ1v) is 7.49. The van der Waals surface area contributed by atoms with Crippen LogP contribution >= 0.6 is 23.2 Å². The Morgan fingerprint density at radius 1 is 1.08 bits per heavy atom. The van der Waals surface area contributed by atoms with Gasteiger partial charge in [0.25, 0.3) is 5.91 Å². The van der Waals surface area contributed by atoms with E-state index in [2.05, 4.69) is 10.6 Å². The van der Waals surface area contributed by atoms with E-state index in [0.717, 1.165) is 12.1 Å². The number of halogens is 3. The molecule has 0 atom stereocenters. The third-order valence-corrected chi connectivity index (χ3v) is 3.62. The highest BCUT2D eigenvalue weighted by Gasteiger charge is 2.15. The van der Waals surface area contributed by atoms with E-state index in [0.29, 0.717) is 17.1 Å². The van der Waals surface area contributed by atoms with Gasteiger partial charge < -0.3 is 15.4 Å². The van der Waals surface area contributed by atoms with Crippen molar-refractivity contribution in [2.75, 3.05) is 17.7 Å². The number of hydrogen-bond acceptors (Lipinski definition) is 3. The molecule has 0 aliphatic rings. The number of benzene rings is 2. The van der Waals surface area contributed by atoms with Crippen LogP contribution in [0.25, 0.3) is 0 Å². The van der Waals surface area contributed by atoms with Crippen LogP contribution in [-0.4, -0.2) is 18.9 Å². The van der Waals surface area contributed by atoms with E-state index in [-0.39, 0.29) is 21.5 Å². The van der Waals surface area contributed by atoms with Gasteiger partial charge in [0.1, 0.15) is 11.6 Å². The van der Waals surface area contributed by atoms with Crippen LogP contribution in [0.3, 0.4) is 0 Å². The Hall–Kier alpha value is -2.31. The molecule has 2 N–H and O–H groups in total. The fourth-order valence-electron chi connectivity index (χ4n) is 1.97. The lowest BCUT2D eigenvalue weighted by Crippen LogP contribution is -2.14. The summed E-state index contributed by atoms with van der Waals surface area (Å²) in [5, 5.41) is 5.01. The normalized spacial score (nSPS) is 10.2. The summed E-state index contributed by atoms with van der Waals surface area (Å²) < 4.78 is 18.7. The number of rotatable bonds is 4. The van der Waals surface area contributed by atoms with E-state index >= 15 is 0 Å². The molecule has 2 amide bonds. The highest BCUT2D eigenvalue weighted by Crippen LogP contribution is 2.29. The Labute approximate surface area is 147 Å². The molecule has 0 saturated heterocycles. The topological polar surface area (TPSA) is 67.4 Å². The zero-order valence-electron chi connectivity index (χ0n) is 12.7. The summed E-state index contributed by atoms with van der Waals surface area (Å²) in [4.78, 5) is 23.5. The van der Waals surface area contributed by atoms with E-state index in [1.807, 2.05) is 0 Å². The zero-order chi connectivity index (χ0) is 17.9. The highest BCUT2D eigenvalue weighted by atomic mass is 35.5. The molecule has 0 aliphatic carbocycles. The van der Waals surface area contributed by atoms with Crippen LogP contribution in [0.5, 0.6) is 5.75 Å². The fraction of sp³-hybridized carbons (Fsp3) is 0.125. The van der Waals surface area contributed by atoms with Crippen molar-refractivity contribution in [3.63, 3.8) is 0 Å². The number of anilines is 2. The summed E-state index contributed by atoms with van der Waals surface area (Å²) in [5.74, 6) is -1.23. The third-order valence-electron chi connectivity index (χ3n) is 3.02. The molecule has 2 aromatic carbocycles. The maximum absolute atomic E-state index is 13.5. The number of amides is 2. The number of methoxy groups -OCH3 is 1. The van der Waals surface area contributed by atoms with E-state index < -0.39 is 11.7 Å². The van der Waals surface area contributed by atoms with Gasteiger partial charge in [-0.05, 0) is 30.3 Å². The lowest BCUT2D eigenvalue weighted by molar-refractivity contribution is -0.114. The predicted octanol–water partition coefficient (Wildman–Crippen LogP) is 4.35. The Balaban J connectivity index is 2.29. The number of hydrogen-bond donors (Lipinski definition) is 2. The minimum atomic E-state index is -0.750. The molecule has 126 valence electrons. The van der Waals surface area contributed by atoms with Crippen LogP contribution in [0.2, 0.25) is 10.0 Å². The highest BCUT2D eigenvalue weighted by molar-refractivity contribution is 6.37. The monoisotopic (exact) mass is 370 g/mol. The van der Waals surface area contributed by atoms with Crippen LogP contribution in [-0.2, 0) is 4.79 Å². The quantitative estimate of drug-likeness (QED) is 0.786. The molecule has 24 heavy (non-hydrogen) atoms. The lowest BCUT2D eigenvalue weighted by Gasteiger charge is -2.12. The predicted molar refractivity (Wildman–Crippen MR) is 91.7 cm³/mol. The molecule has 0 unspecified atom stereocenters. The maximum Gasteiger partial charge on any atom is 0.257 e. The van der Waals surface area contributed by atoms with Gasteiger partial charge >= 0.3 is 0 Å². The average molecular weight is 371 g/mol. The minimum Gasteiger partial charge on any atom is -0.495 e. The lowest BCUT2D eigenvalue weighted by atomic mass is 10.2. The second-order valence-corrected chi connectivity index (χ2v) is 5.61. The van der Waals surface area contributed by atoms with E-state index in [9.17, 15) is 14.0 Å². The Kier molecular flexibility index (Phi) is 5.64. The molecular weight excluding hydrogens is 358 g/mol. The molecule has 0 bridgehead atoms. The maximum atomic E-state index is 13.5. The van der Waals surface area contributed by atoms with Gasteiger partial charge in [-0.25, -0.2) is 4.39 Å². The summed E-state index contributed by atoms with van der Waals surface area (Å²) in [5.41, 5.74) is 0.697. The molecule has 2 rings (SSSR count). The SMILES string of the molecule is COc1ccc(NC(=O)c2cc(F)c(Cl)cc2Cl)cc1NC(C)=O. The fourth-order valence-corrected chi connectivity index (χ4v) is 2.44. The zero-order valence-corrected chi connectivity index (χ0v) is 14.3. The van der Waals surface area contributed by atoms with Gasteiger partial charge in [-0.2, -0.15) is 0 Å². The second-order valence-electron chi connectivity index (χ2n) is 4.80. The molecule has 8 heteroatoms. The number of nitrogens with one attached hydrogen (secondary N) is 2. The van der Waals surface area contributed by atoms with E-state index in [1.165, 1.54) is 20.1 Å². The van der Waals surface area contributed by atoms with Crippen molar-refractivity contribution >= 4 is 46.4 Å². The van der Waals surface area contributed by atoms with Gasteiger partial charge in [0.2, 0.25) is 5.91 Å². The Bertz CT molecular complexity index is 812. The summed E-state index contributed by atoms with van der Waals surface area (Å²) in [7, 11) is 1.45. The van der Waals surface area contributed by atoms with Gasteiger partial charge in [0.15, 0.2) is 0 Å². The van der Waals surface area contributed by atoms with Crippen molar-refractivity contribution in [2.45, 2.75) is 6.92 Å². The van der Waals surface area contributed by atoms with Crippen molar-refractivity contribution in [2.24, 2.45) is 0 Å². The van der Waals surface area contributed by atoms with Crippen LogP contribution in [0.1, 0.15) is 17.3 Å². The third kappa shape index (κ3) is 4.15. The molecule has 0 aliphatic heterocycles. The molecule has 5 nitrogen and oxygen atoms in total. The summed E-state index contributed by atoms with van der Waals surface area (Å²) >= 11 is 11.5. The first kappa shape index (κ1) is 18.0.